The second kappa shape index (κ2) is 8.29. The highest BCUT2D eigenvalue weighted by atomic mass is 35.5. The van der Waals surface area contributed by atoms with Gasteiger partial charge in [0.05, 0.1) is 27.3 Å². The van der Waals surface area contributed by atoms with Crippen molar-refractivity contribution in [1.82, 2.24) is 24.8 Å². The molecule has 8 nitrogen and oxygen atoms in total. The number of carbonyl (C=O) groups excluding carboxylic acids is 1. The number of hydrogen-bond donors (Lipinski definition) is 1. The van der Waals surface area contributed by atoms with Gasteiger partial charge in [0, 0.05) is 54.6 Å². The Morgan fingerprint density at radius 2 is 1.91 bits per heavy atom. The molecule has 0 radical (unpaired) electrons. The predicted octanol–water partition coefficient (Wildman–Crippen LogP) is 4.32. The van der Waals surface area contributed by atoms with Crippen molar-refractivity contribution in [3.05, 3.63) is 65.4 Å². The van der Waals surface area contributed by atoms with E-state index < -0.39 is 6.09 Å². The first-order valence-electron chi connectivity index (χ1n) is 10.5. The first-order valence-corrected chi connectivity index (χ1v) is 10.9. The third kappa shape index (κ3) is 3.93. The molecule has 1 saturated heterocycles. The molecule has 9 heteroatoms. The number of halogens is 1. The molecule has 1 aliphatic heterocycles. The van der Waals surface area contributed by atoms with Crippen LogP contribution in [0.25, 0.3) is 33.2 Å². The van der Waals surface area contributed by atoms with Crippen molar-refractivity contribution < 1.29 is 14.7 Å². The smallest absolute Gasteiger partial charge is 0.407 e. The lowest BCUT2D eigenvalue weighted by Crippen LogP contribution is -2.55. The summed E-state index contributed by atoms with van der Waals surface area (Å²) < 4.78 is 0. The third-order valence-electron chi connectivity index (χ3n) is 5.91. The molecule has 1 fully saturated rings. The minimum absolute atomic E-state index is 0.159. The van der Waals surface area contributed by atoms with Crippen molar-refractivity contribution in [3.8, 4) is 11.3 Å². The maximum absolute atomic E-state index is 13.1. The molecule has 0 saturated carbocycles. The van der Waals surface area contributed by atoms with Gasteiger partial charge in [-0.1, -0.05) is 17.7 Å². The molecule has 0 spiro atoms. The van der Waals surface area contributed by atoms with Crippen LogP contribution in [0.1, 0.15) is 17.3 Å². The van der Waals surface area contributed by atoms with E-state index in [1.807, 2.05) is 18.2 Å². The minimum atomic E-state index is -0.968. The number of carboxylic acid groups (broad SMARTS) is 1. The highest BCUT2D eigenvalue weighted by Crippen LogP contribution is 2.30. The molecular weight excluding hydrogens is 442 g/mol. The number of aromatic nitrogens is 3. The molecule has 33 heavy (non-hydrogen) atoms. The van der Waals surface area contributed by atoms with E-state index in [1.54, 1.807) is 48.5 Å². The number of benzene rings is 1. The van der Waals surface area contributed by atoms with Crippen molar-refractivity contribution in [2.24, 2.45) is 0 Å². The molecular formula is C24H20ClN5O3. The number of carbonyl (C=O) groups is 2. The average molecular weight is 462 g/mol. The van der Waals surface area contributed by atoms with Crippen LogP contribution in [-0.2, 0) is 0 Å². The standard InChI is InChI=1S/C24H20ClN5O3/c1-14-13-29(7-8-30(14)24(32)33)23(31)15-4-5-17-18(25)11-20(28-21(17)9-15)16-10-22-19(27-12-16)3-2-6-26-22/h2-6,9-12,14H,7-8,13H2,1H3,(H,32,33). The molecule has 4 aromatic rings. The summed E-state index contributed by atoms with van der Waals surface area (Å²) in [5.41, 5.74) is 4.05. The SMILES string of the molecule is CC1CN(C(=O)c2ccc3c(Cl)cc(-c4cnc5cccnc5c4)nc3c2)CCN1C(=O)O. The first kappa shape index (κ1) is 21.1. The van der Waals surface area contributed by atoms with Gasteiger partial charge in [-0.2, -0.15) is 0 Å². The van der Waals surface area contributed by atoms with Crippen LogP contribution in [0.4, 0.5) is 4.79 Å². The quantitative estimate of drug-likeness (QED) is 0.477. The van der Waals surface area contributed by atoms with Crippen LogP contribution in [0.5, 0.6) is 0 Å². The van der Waals surface area contributed by atoms with Gasteiger partial charge >= 0.3 is 6.09 Å². The molecule has 3 aromatic heterocycles. The molecule has 1 aromatic carbocycles. The van der Waals surface area contributed by atoms with Crippen LogP contribution >= 0.6 is 11.6 Å². The summed E-state index contributed by atoms with van der Waals surface area (Å²) in [6, 6.07) is 12.4. The van der Waals surface area contributed by atoms with Gasteiger partial charge < -0.3 is 14.9 Å². The van der Waals surface area contributed by atoms with E-state index in [4.69, 9.17) is 16.6 Å². The average Bonchev–Trinajstić information content (AvgIpc) is 2.82. The van der Waals surface area contributed by atoms with E-state index in [1.165, 1.54) is 4.90 Å². The fraction of sp³-hybridized carbons (Fsp3) is 0.208. The van der Waals surface area contributed by atoms with E-state index in [0.29, 0.717) is 34.9 Å². The predicted molar refractivity (Wildman–Crippen MR) is 125 cm³/mol. The summed E-state index contributed by atoms with van der Waals surface area (Å²) in [5, 5.41) is 10.5. The Balaban J connectivity index is 1.48. The van der Waals surface area contributed by atoms with Crippen molar-refractivity contribution >= 4 is 45.5 Å². The normalized spacial score (nSPS) is 16.4. The lowest BCUT2D eigenvalue weighted by Gasteiger charge is -2.38. The fourth-order valence-electron chi connectivity index (χ4n) is 4.17. The number of hydrogen-bond acceptors (Lipinski definition) is 5. The van der Waals surface area contributed by atoms with Gasteiger partial charge in [-0.3, -0.25) is 14.8 Å². The van der Waals surface area contributed by atoms with Gasteiger partial charge in [0.1, 0.15) is 0 Å². The van der Waals surface area contributed by atoms with Crippen molar-refractivity contribution in [3.63, 3.8) is 0 Å². The Morgan fingerprint density at radius 3 is 2.70 bits per heavy atom. The van der Waals surface area contributed by atoms with Gasteiger partial charge in [-0.15, -0.1) is 0 Å². The van der Waals surface area contributed by atoms with E-state index in [9.17, 15) is 14.7 Å². The first-order chi connectivity index (χ1) is 15.9. The van der Waals surface area contributed by atoms with Crippen LogP contribution in [0, 0.1) is 0 Å². The Labute approximate surface area is 194 Å². The number of pyridine rings is 3. The molecule has 2 amide bonds. The zero-order chi connectivity index (χ0) is 23.1. The number of fused-ring (bicyclic) bond motifs is 2. The Kier molecular flexibility index (Phi) is 5.30. The van der Waals surface area contributed by atoms with Gasteiger partial charge in [0.15, 0.2) is 0 Å². The molecule has 166 valence electrons. The maximum atomic E-state index is 13.1. The molecule has 1 atom stereocenters. The topological polar surface area (TPSA) is 99.5 Å². The van der Waals surface area contributed by atoms with Gasteiger partial charge in [-0.25, -0.2) is 9.78 Å². The number of amides is 2. The van der Waals surface area contributed by atoms with E-state index in [0.717, 1.165) is 22.0 Å². The molecule has 0 aliphatic carbocycles. The van der Waals surface area contributed by atoms with Crippen LogP contribution in [0.3, 0.4) is 0 Å². The number of nitrogens with zero attached hydrogens (tertiary/aromatic N) is 5. The van der Waals surface area contributed by atoms with Crippen LogP contribution in [-0.4, -0.2) is 67.5 Å². The van der Waals surface area contributed by atoms with Gasteiger partial charge in [0.2, 0.25) is 0 Å². The lowest BCUT2D eigenvalue weighted by molar-refractivity contribution is 0.0507. The molecule has 0 bridgehead atoms. The Bertz CT molecular complexity index is 1410. The van der Waals surface area contributed by atoms with Crippen LogP contribution in [0.15, 0.2) is 54.9 Å². The van der Waals surface area contributed by atoms with Gasteiger partial charge in [-0.05, 0) is 43.3 Å². The summed E-state index contributed by atoms with van der Waals surface area (Å²) in [4.78, 5) is 41.0. The minimum Gasteiger partial charge on any atom is -0.465 e. The molecule has 4 heterocycles. The maximum Gasteiger partial charge on any atom is 0.407 e. The summed E-state index contributed by atoms with van der Waals surface area (Å²) in [6.07, 6.45) is 2.47. The summed E-state index contributed by atoms with van der Waals surface area (Å²) in [7, 11) is 0. The van der Waals surface area contributed by atoms with Crippen molar-refractivity contribution in [1.29, 1.82) is 0 Å². The van der Waals surface area contributed by atoms with E-state index in [2.05, 4.69) is 9.97 Å². The molecule has 1 unspecified atom stereocenters. The third-order valence-corrected chi connectivity index (χ3v) is 6.23. The summed E-state index contributed by atoms with van der Waals surface area (Å²) in [6.45, 7) is 2.77. The number of piperazine rings is 1. The Hall–Kier alpha value is -3.78. The van der Waals surface area contributed by atoms with Gasteiger partial charge in [0.25, 0.3) is 5.91 Å². The Morgan fingerprint density at radius 1 is 1.06 bits per heavy atom. The highest BCUT2D eigenvalue weighted by Gasteiger charge is 2.30. The summed E-state index contributed by atoms with van der Waals surface area (Å²) in [5.74, 6) is -0.159. The van der Waals surface area contributed by atoms with Crippen LogP contribution in [0.2, 0.25) is 5.02 Å². The number of rotatable bonds is 2. The second-order valence-corrected chi connectivity index (χ2v) is 8.47. The zero-order valence-electron chi connectivity index (χ0n) is 17.8. The van der Waals surface area contributed by atoms with Crippen molar-refractivity contribution in [2.45, 2.75) is 13.0 Å². The van der Waals surface area contributed by atoms with Crippen LogP contribution < -0.4 is 0 Å². The lowest BCUT2D eigenvalue weighted by atomic mass is 10.1. The molecule has 5 rings (SSSR count). The monoisotopic (exact) mass is 461 g/mol. The molecule has 1 N–H and O–H groups in total. The largest absolute Gasteiger partial charge is 0.465 e. The van der Waals surface area contributed by atoms with E-state index >= 15 is 0 Å². The van der Waals surface area contributed by atoms with Crippen molar-refractivity contribution in [2.75, 3.05) is 19.6 Å². The fourth-order valence-corrected chi connectivity index (χ4v) is 4.43. The zero-order valence-corrected chi connectivity index (χ0v) is 18.5. The second-order valence-electron chi connectivity index (χ2n) is 8.06. The highest BCUT2D eigenvalue weighted by molar-refractivity contribution is 6.35. The summed E-state index contributed by atoms with van der Waals surface area (Å²) >= 11 is 6.54. The molecule has 1 aliphatic rings. The van der Waals surface area contributed by atoms with E-state index in [-0.39, 0.29) is 18.5 Å².